The van der Waals surface area contributed by atoms with Crippen LogP contribution < -0.4 is 10.1 Å². The van der Waals surface area contributed by atoms with E-state index in [0.717, 1.165) is 34.3 Å². The second-order valence-electron chi connectivity index (χ2n) is 8.06. The predicted octanol–water partition coefficient (Wildman–Crippen LogP) is 3.52. The minimum absolute atomic E-state index is 0.0189. The molecule has 4 rings (SSSR count). The Morgan fingerprint density at radius 3 is 2.60 bits per heavy atom. The van der Waals surface area contributed by atoms with E-state index in [-0.39, 0.29) is 17.7 Å². The van der Waals surface area contributed by atoms with Crippen LogP contribution in [0.25, 0.3) is 10.9 Å². The molecule has 2 aromatic carbocycles. The number of benzene rings is 2. The van der Waals surface area contributed by atoms with Crippen molar-refractivity contribution in [1.82, 2.24) is 15.2 Å². The van der Waals surface area contributed by atoms with E-state index in [9.17, 15) is 9.59 Å². The molecule has 0 aliphatic carbocycles. The fraction of sp³-hybridized carbons (Fsp3) is 0.333. The summed E-state index contributed by atoms with van der Waals surface area (Å²) in [5, 5.41) is 4.02. The molecule has 2 N–H and O–H groups in total. The van der Waals surface area contributed by atoms with Crippen molar-refractivity contribution in [2.45, 2.75) is 32.9 Å². The van der Waals surface area contributed by atoms with Crippen molar-refractivity contribution in [2.24, 2.45) is 5.92 Å². The van der Waals surface area contributed by atoms with E-state index in [1.54, 1.807) is 19.2 Å². The minimum Gasteiger partial charge on any atom is -0.497 e. The van der Waals surface area contributed by atoms with Crippen molar-refractivity contribution >= 4 is 22.7 Å². The number of nitrogens with zero attached hydrogens (tertiary/aromatic N) is 1. The maximum atomic E-state index is 13.4. The van der Waals surface area contributed by atoms with Gasteiger partial charge in [-0.15, -0.1) is 0 Å². The number of fused-ring (bicyclic) bond motifs is 3. The molecule has 1 aliphatic heterocycles. The Labute approximate surface area is 176 Å². The molecule has 1 aromatic heterocycles. The van der Waals surface area contributed by atoms with E-state index in [0.29, 0.717) is 18.7 Å². The lowest BCUT2D eigenvalue weighted by atomic mass is 9.99. The van der Waals surface area contributed by atoms with Gasteiger partial charge in [0.2, 0.25) is 5.91 Å². The Morgan fingerprint density at radius 2 is 1.90 bits per heavy atom. The van der Waals surface area contributed by atoms with Crippen molar-refractivity contribution < 1.29 is 14.3 Å². The number of hydrogen-bond acceptors (Lipinski definition) is 3. The van der Waals surface area contributed by atoms with Crippen LogP contribution in [0.4, 0.5) is 0 Å². The number of methoxy groups -OCH3 is 1. The lowest BCUT2D eigenvalue weighted by molar-refractivity contribution is -0.135. The van der Waals surface area contributed by atoms with Crippen molar-refractivity contribution in [1.29, 1.82) is 0 Å². The Bertz CT molecular complexity index is 1070. The SMILES string of the molecule is COc1ccc2[nH]c3c(c2c1)CN(C(=O)C(NC(=O)c1ccccc1)C(C)C)CC3. The number of ether oxygens (including phenoxy) is 1. The summed E-state index contributed by atoms with van der Waals surface area (Å²) in [6.45, 7) is 5.06. The van der Waals surface area contributed by atoms with Gasteiger partial charge in [-0.2, -0.15) is 0 Å². The number of carbonyl (C=O) groups is 2. The quantitative estimate of drug-likeness (QED) is 0.682. The molecule has 6 heteroatoms. The molecule has 0 saturated heterocycles. The Kier molecular flexibility index (Phi) is 5.48. The summed E-state index contributed by atoms with van der Waals surface area (Å²) < 4.78 is 5.37. The molecule has 1 atom stereocenters. The summed E-state index contributed by atoms with van der Waals surface area (Å²) in [4.78, 5) is 31.3. The lowest BCUT2D eigenvalue weighted by Crippen LogP contribution is -2.52. The van der Waals surface area contributed by atoms with E-state index in [4.69, 9.17) is 4.74 Å². The molecule has 6 nitrogen and oxygen atoms in total. The van der Waals surface area contributed by atoms with Crippen LogP contribution in [0.5, 0.6) is 5.75 Å². The molecular weight excluding hydrogens is 378 g/mol. The zero-order chi connectivity index (χ0) is 21.3. The van der Waals surface area contributed by atoms with Gasteiger partial charge in [-0.05, 0) is 36.2 Å². The molecule has 2 amide bonds. The van der Waals surface area contributed by atoms with Crippen LogP contribution in [0.1, 0.15) is 35.5 Å². The molecule has 0 saturated carbocycles. The number of amides is 2. The molecule has 30 heavy (non-hydrogen) atoms. The van der Waals surface area contributed by atoms with Gasteiger partial charge >= 0.3 is 0 Å². The van der Waals surface area contributed by atoms with E-state index in [1.165, 1.54) is 0 Å². The van der Waals surface area contributed by atoms with Crippen molar-refractivity contribution in [3.63, 3.8) is 0 Å². The van der Waals surface area contributed by atoms with Gasteiger partial charge in [-0.25, -0.2) is 0 Å². The van der Waals surface area contributed by atoms with Crippen LogP contribution in [-0.2, 0) is 17.8 Å². The highest BCUT2D eigenvalue weighted by molar-refractivity contribution is 5.97. The Balaban J connectivity index is 1.56. The first-order valence-corrected chi connectivity index (χ1v) is 10.3. The third-order valence-electron chi connectivity index (χ3n) is 5.75. The zero-order valence-electron chi connectivity index (χ0n) is 17.6. The minimum atomic E-state index is -0.570. The molecule has 0 radical (unpaired) electrons. The molecule has 1 unspecified atom stereocenters. The standard InChI is InChI=1S/C24H27N3O3/c1-15(2)22(26-23(28)16-7-5-4-6-8-16)24(29)27-12-11-21-19(14-27)18-13-17(30-3)9-10-20(18)25-21/h4-10,13,15,22,25H,11-12,14H2,1-3H3,(H,26,28). The lowest BCUT2D eigenvalue weighted by Gasteiger charge is -2.32. The number of rotatable bonds is 5. The fourth-order valence-electron chi connectivity index (χ4n) is 4.03. The largest absolute Gasteiger partial charge is 0.497 e. The highest BCUT2D eigenvalue weighted by atomic mass is 16.5. The molecule has 156 valence electrons. The number of hydrogen-bond donors (Lipinski definition) is 2. The van der Waals surface area contributed by atoms with Crippen LogP contribution in [0, 0.1) is 5.92 Å². The number of H-pyrrole nitrogens is 1. The Hall–Kier alpha value is -3.28. The van der Waals surface area contributed by atoms with Gasteiger partial charge < -0.3 is 19.9 Å². The second-order valence-corrected chi connectivity index (χ2v) is 8.06. The first kappa shape index (κ1) is 20.0. The van der Waals surface area contributed by atoms with Crippen LogP contribution in [-0.4, -0.2) is 41.4 Å². The first-order chi connectivity index (χ1) is 14.5. The molecule has 0 fully saturated rings. The van der Waals surface area contributed by atoms with Crippen molar-refractivity contribution in [3.8, 4) is 5.75 Å². The predicted molar refractivity (Wildman–Crippen MR) is 117 cm³/mol. The second kappa shape index (κ2) is 8.22. The molecule has 1 aliphatic rings. The highest BCUT2D eigenvalue weighted by Crippen LogP contribution is 2.31. The van der Waals surface area contributed by atoms with E-state index in [2.05, 4.69) is 10.3 Å². The van der Waals surface area contributed by atoms with Crippen LogP contribution in [0.15, 0.2) is 48.5 Å². The van der Waals surface area contributed by atoms with Crippen molar-refractivity contribution in [2.75, 3.05) is 13.7 Å². The summed E-state index contributed by atoms with van der Waals surface area (Å²) in [5.74, 6) is 0.506. The van der Waals surface area contributed by atoms with Gasteiger partial charge in [0.1, 0.15) is 11.8 Å². The number of aromatic amines is 1. The highest BCUT2D eigenvalue weighted by Gasteiger charge is 2.32. The van der Waals surface area contributed by atoms with Gasteiger partial charge in [0, 0.05) is 47.2 Å². The maximum Gasteiger partial charge on any atom is 0.251 e. The smallest absolute Gasteiger partial charge is 0.251 e. The summed E-state index contributed by atoms with van der Waals surface area (Å²) in [5.41, 5.74) is 3.89. The third kappa shape index (κ3) is 3.77. The monoisotopic (exact) mass is 405 g/mol. The maximum absolute atomic E-state index is 13.4. The van der Waals surface area contributed by atoms with E-state index >= 15 is 0 Å². The summed E-state index contributed by atoms with van der Waals surface area (Å²) >= 11 is 0. The number of aromatic nitrogens is 1. The molecular formula is C24H27N3O3. The number of nitrogens with one attached hydrogen (secondary N) is 2. The Morgan fingerprint density at radius 1 is 1.13 bits per heavy atom. The first-order valence-electron chi connectivity index (χ1n) is 10.3. The fourth-order valence-corrected chi connectivity index (χ4v) is 4.03. The summed E-state index contributed by atoms with van der Waals surface area (Å²) in [7, 11) is 1.65. The summed E-state index contributed by atoms with van der Waals surface area (Å²) in [6.07, 6.45) is 0.759. The van der Waals surface area contributed by atoms with E-state index in [1.807, 2.05) is 55.1 Å². The normalized spacial score (nSPS) is 14.5. The molecule has 0 spiro atoms. The van der Waals surface area contributed by atoms with E-state index < -0.39 is 6.04 Å². The van der Waals surface area contributed by atoms with Crippen LogP contribution in [0.2, 0.25) is 0 Å². The average Bonchev–Trinajstić information content (AvgIpc) is 3.14. The zero-order valence-corrected chi connectivity index (χ0v) is 17.6. The van der Waals surface area contributed by atoms with Crippen LogP contribution >= 0.6 is 0 Å². The van der Waals surface area contributed by atoms with Gasteiger partial charge in [0.05, 0.1) is 7.11 Å². The van der Waals surface area contributed by atoms with Gasteiger partial charge in [-0.1, -0.05) is 32.0 Å². The van der Waals surface area contributed by atoms with Gasteiger partial charge in [0.15, 0.2) is 0 Å². The summed E-state index contributed by atoms with van der Waals surface area (Å²) in [6, 6.07) is 14.4. The average molecular weight is 405 g/mol. The third-order valence-corrected chi connectivity index (χ3v) is 5.75. The van der Waals surface area contributed by atoms with Gasteiger partial charge in [-0.3, -0.25) is 9.59 Å². The van der Waals surface area contributed by atoms with Gasteiger partial charge in [0.25, 0.3) is 5.91 Å². The molecule has 0 bridgehead atoms. The molecule has 2 heterocycles. The molecule has 3 aromatic rings. The van der Waals surface area contributed by atoms with Crippen molar-refractivity contribution in [3.05, 3.63) is 65.4 Å². The number of carbonyl (C=O) groups excluding carboxylic acids is 2. The van der Waals surface area contributed by atoms with Crippen LogP contribution in [0.3, 0.4) is 0 Å². The topological polar surface area (TPSA) is 74.4 Å².